The SMILES string of the molecule is CC1CC(C#N)N(C(=O)C2CCCN2C(=O)CNC(=O)C(F)(F)F)C1. The lowest BCUT2D eigenvalue weighted by molar-refractivity contribution is -0.174. The Labute approximate surface area is 142 Å². The van der Waals surface area contributed by atoms with Crippen molar-refractivity contribution in [3.05, 3.63) is 0 Å². The number of hydrogen-bond donors (Lipinski definition) is 1. The topological polar surface area (TPSA) is 93.5 Å². The lowest BCUT2D eigenvalue weighted by Crippen LogP contribution is -2.52. The summed E-state index contributed by atoms with van der Waals surface area (Å²) in [4.78, 5) is 38.3. The highest BCUT2D eigenvalue weighted by atomic mass is 19.4. The summed E-state index contributed by atoms with van der Waals surface area (Å²) in [7, 11) is 0. The number of nitriles is 1. The number of alkyl halides is 3. The molecule has 10 heteroatoms. The van der Waals surface area contributed by atoms with Crippen molar-refractivity contribution in [2.75, 3.05) is 19.6 Å². The van der Waals surface area contributed by atoms with Gasteiger partial charge in [-0.1, -0.05) is 6.92 Å². The standard InChI is InChI=1S/C15H19F3N4O3/c1-9-5-10(6-19)22(8-9)13(24)11-3-2-4-21(11)12(23)7-20-14(25)15(16,17)18/h9-11H,2-5,7-8H2,1H3,(H,20,25). The number of nitrogens with zero attached hydrogens (tertiary/aromatic N) is 3. The maximum Gasteiger partial charge on any atom is 0.471 e. The van der Waals surface area contributed by atoms with Crippen molar-refractivity contribution in [2.45, 2.75) is 44.4 Å². The molecule has 138 valence electrons. The number of rotatable bonds is 3. The van der Waals surface area contributed by atoms with Gasteiger partial charge in [0.05, 0.1) is 12.6 Å². The Kier molecular flexibility index (Phi) is 5.55. The van der Waals surface area contributed by atoms with Crippen molar-refractivity contribution >= 4 is 17.7 Å². The number of amides is 3. The zero-order valence-corrected chi connectivity index (χ0v) is 13.7. The van der Waals surface area contributed by atoms with E-state index < -0.39 is 36.6 Å². The minimum absolute atomic E-state index is 0.172. The summed E-state index contributed by atoms with van der Waals surface area (Å²) in [5, 5.41) is 10.7. The summed E-state index contributed by atoms with van der Waals surface area (Å²) in [6.45, 7) is 1.75. The van der Waals surface area contributed by atoms with Gasteiger partial charge in [0.2, 0.25) is 11.8 Å². The molecular weight excluding hydrogens is 341 g/mol. The fourth-order valence-corrected chi connectivity index (χ4v) is 3.28. The number of carbonyl (C=O) groups is 3. The third-order valence-corrected chi connectivity index (χ3v) is 4.46. The average molecular weight is 360 g/mol. The van der Waals surface area contributed by atoms with E-state index in [1.54, 1.807) is 0 Å². The largest absolute Gasteiger partial charge is 0.471 e. The van der Waals surface area contributed by atoms with Crippen LogP contribution in [0.2, 0.25) is 0 Å². The summed E-state index contributed by atoms with van der Waals surface area (Å²) in [6, 6.07) is 0.723. The van der Waals surface area contributed by atoms with Crippen LogP contribution < -0.4 is 5.32 Å². The molecule has 2 aliphatic heterocycles. The van der Waals surface area contributed by atoms with E-state index in [0.717, 1.165) is 0 Å². The molecule has 0 saturated carbocycles. The van der Waals surface area contributed by atoms with Crippen molar-refractivity contribution in [3.63, 3.8) is 0 Å². The first-order chi connectivity index (χ1) is 11.6. The van der Waals surface area contributed by atoms with Crippen LogP contribution in [0.25, 0.3) is 0 Å². The molecule has 0 aromatic rings. The Morgan fingerprint density at radius 3 is 2.56 bits per heavy atom. The van der Waals surface area contributed by atoms with E-state index in [1.807, 2.05) is 6.92 Å². The molecule has 2 saturated heterocycles. The Bertz CT molecular complexity index is 602. The van der Waals surface area contributed by atoms with Gasteiger partial charge in [0.1, 0.15) is 12.1 Å². The number of halogens is 3. The van der Waals surface area contributed by atoms with Gasteiger partial charge in [0, 0.05) is 13.1 Å². The molecule has 0 aromatic heterocycles. The average Bonchev–Trinajstić information content (AvgIpc) is 3.16. The summed E-state index contributed by atoms with van der Waals surface area (Å²) >= 11 is 0. The molecule has 2 aliphatic rings. The molecule has 3 atom stereocenters. The van der Waals surface area contributed by atoms with Crippen molar-refractivity contribution in [2.24, 2.45) is 5.92 Å². The molecule has 3 unspecified atom stereocenters. The van der Waals surface area contributed by atoms with Crippen molar-refractivity contribution in [1.29, 1.82) is 5.26 Å². The first kappa shape index (κ1) is 19.0. The van der Waals surface area contributed by atoms with Gasteiger partial charge in [-0.2, -0.15) is 18.4 Å². The summed E-state index contributed by atoms with van der Waals surface area (Å²) < 4.78 is 36.5. The van der Waals surface area contributed by atoms with Gasteiger partial charge in [0.15, 0.2) is 0 Å². The predicted octanol–water partition coefficient (Wildman–Crippen LogP) is 0.416. The maximum atomic E-state index is 12.7. The van der Waals surface area contributed by atoms with E-state index in [1.165, 1.54) is 15.1 Å². The molecule has 2 fully saturated rings. The predicted molar refractivity (Wildman–Crippen MR) is 78.7 cm³/mol. The van der Waals surface area contributed by atoms with Crippen LogP contribution in [0.15, 0.2) is 0 Å². The lowest BCUT2D eigenvalue weighted by atomic mass is 10.1. The fraction of sp³-hybridized carbons (Fsp3) is 0.733. The fourth-order valence-electron chi connectivity index (χ4n) is 3.28. The van der Waals surface area contributed by atoms with Gasteiger partial charge in [-0.15, -0.1) is 0 Å². The summed E-state index contributed by atoms with van der Waals surface area (Å²) in [5.41, 5.74) is 0. The number of nitrogens with one attached hydrogen (secondary N) is 1. The van der Waals surface area contributed by atoms with Crippen molar-refractivity contribution < 1.29 is 27.6 Å². The molecular formula is C15H19F3N4O3. The summed E-state index contributed by atoms with van der Waals surface area (Å²) in [5.74, 6) is -3.12. The number of likely N-dealkylation sites (tertiary alicyclic amines) is 2. The Hall–Kier alpha value is -2.31. The highest BCUT2D eigenvalue weighted by Gasteiger charge is 2.42. The van der Waals surface area contributed by atoms with Crippen LogP contribution in [0, 0.1) is 17.2 Å². The van der Waals surface area contributed by atoms with E-state index >= 15 is 0 Å². The minimum Gasteiger partial charge on any atom is -0.339 e. The zero-order chi connectivity index (χ0) is 18.8. The van der Waals surface area contributed by atoms with Crippen molar-refractivity contribution in [1.82, 2.24) is 15.1 Å². The lowest BCUT2D eigenvalue weighted by Gasteiger charge is -2.29. The van der Waals surface area contributed by atoms with Gasteiger partial charge < -0.3 is 15.1 Å². The van der Waals surface area contributed by atoms with E-state index in [2.05, 4.69) is 6.07 Å². The molecule has 0 aromatic carbocycles. The quantitative estimate of drug-likeness (QED) is 0.789. The smallest absolute Gasteiger partial charge is 0.339 e. The van der Waals surface area contributed by atoms with E-state index in [4.69, 9.17) is 5.26 Å². The Balaban J connectivity index is 2.00. The molecule has 0 radical (unpaired) electrons. The molecule has 0 aliphatic carbocycles. The molecule has 25 heavy (non-hydrogen) atoms. The number of hydrogen-bond acceptors (Lipinski definition) is 4. The monoisotopic (exact) mass is 360 g/mol. The van der Waals surface area contributed by atoms with Crippen LogP contribution in [0.3, 0.4) is 0 Å². The van der Waals surface area contributed by atoms with E-state index in [-0.39, 0.29) is 18.4 Å². The van der Waals surface area contributed by atoms with Crippen molar-refractivity contribution in [3.8, 4) is 6.07 Å². The van der Waals surface area contributed by atoms with E-state index in [9.17, 15) is 27.6 Å². The molecule has 1 N–H and O–H groups in total. The molecule has 7 nitrogen and oxygen atoms in total. The van der Waals surface area contributed by atoms with E-state index in [0.29, 0.717) is 25.8 Å². The van der Waals surface area contributed by atoms with Crippen LogP contribution >= 0.6 is 0 Å². The van der Waals surface area contributed by atoms with Crippen LogP contribution in [0.5, 0.6) is 0 Å². The first-order valence-corrected chi connectivity index (χ1v) is 7.99. The molecule has 2 rings (SSSR count). The van der Waals surface area contributed by atoms with Crippen LogP contribution in [-0.4, -0.2) is 65.4 Å². The molecule has 2 heterocycles. The normalized spacial score (nSPS) is 26.4. The third-order valence-electron chi connectivity index (χ3n) is 4.46. The highest BCUT2D eigenvalue weighted by Crippen LogP contribution is 2.27. The Morgan fingerprint density at radius 1 is 1.28 bits per heavy atom. The molecule has 0 bridgehead atoms. The number of carbonyl (C=O) groups excluding carboxylic acids is 3. The second-order valence-corrected chi connectivity index (χ2v) is 6.40. The van der Waals surface area contributed by atoms with Gasteiger partial charge in [-0.25, -0.2) is 0 Å². The van der Waals surface area contributed by atoms with Gasteiger partial charge in [-0.05, 0) is 25.2 Å². The van der Waals surface area contributed by atoms with Gasteiger partial charge in [-0.3, -0.25) is 14.4 Å². The molecule has 0 spiro atoms. The third kappa shape index (κ3) is 4.21. The zero-order valence-electron chi connectivity index (χ0n) is 13.7. The van der Waals surface area contributed by atoms with Crippen LogP contribution in [-0.2, 0) is 14.4 Å². The minimum atomic E-state index is -5.06. The maximum absolute atomic E-state index is 12.7. The Morgan fingerprint density at radius 2 is 1.96 bits per heavy atom. The second kappa shape index (κ2) is 7.29. The molecule has 3 amide bonds. The van der Waals surface area contributed by atoms with Gasteiger partial charge in [0.25, 0.3) is 0 Å². The van der Waals surface area contributed by atoms with Gasteiger partial charge >= 0.3 is 12.1 Å². The van der Waals surface area contributed by atoms with Crippen LogP contribution in [0.1, 0.15) is 26.2 Å². The summed E-state index contributed by atoms with van der Waals surface area (Å²) in [6.07, 6.45) is -3.58. The van der Waals surface area contributed by atoms with Crippen LogP contribution in [0.4, 0.5) is 13.2 Å². The second-order valence-electron chi connectivity index (χ2n) is 6.40. The first-order valence-electron chi connectivity index (χ1n) is 7.99. The highest BCUT2D eigenvalue weighted by molar-refractivity contribution is 5.91.